The molecule has 174 valence electrons. The minimum atomic E-state index is 0.221. The lowest BCUT2D eigenvalue weighted by Gasteiger charge is -2.18. The van der Waals surface area contributed by atoms with E-state index in [0.717, 1.165) is 66.8 Å². The lowest BCUT2D eigenvalue weighted by atomic mass is 10.3. The summed E-state index contributed by atoms with van der Waals surface area (Å²) in [6.07, 6.45) is 8.12. The lowest BCUT2D eigenvalue weighted by molar-refractivity contribution is -0.108. The molecule has 4 aromatic heterocycles. The fraction of sp³-hybridized carbons (Fsp3) is 0.409. The molecule has 0 aliphatic heterocycles. The van der Waals surface area contributed by atoms with E-state index in [1.807, 2.05) is 30.6 Å². The minimum absolute atomic E-state index is 0.221. The number of rotatable bonds is 12. The highest BCUT2D eigenvalue weighted by molar-refractivity contribution is 7.10. The smallest absolute Gasteiger partial charge is 0.180 e. The summed E-state index contributed by atoms with van der Waals surface area (Å²) in [5.41, 5.74) is 4.33. The van der Waals surface area contributed by atoms with Gasteiger partial charge in [-0.2, -0.15) is 9.47 Å². The highest BCUT2D eigenvalue weighted by atomic mass is 32.1. The molecule has 0 spiro atoms. The van der Waals surface area contributed by atoms with E-state index in [1.54, 1.807) is 17.1 Å². The van der Waals surface area contributed by atoms with E-state index >= 15 is 0 Å². The maximum absolute atomic E-state index is 10.8. The normalized spacial score (nSPS) is 11.5. The molecule has 4 heterocycles. The van der Waals surface area contributed by atoms with E-state index in [4.69, 9.17) is 4.74 Å². The van der Waals surface area contributed by atoms with E-state index in [0.29, 0.717) is 11.5 Å². The molecule has 0 unspecified atom stereocenters. The van der Waals surface area contributed by atoms with Gasteiger partial charge < -0.3 is 14.8 Å². The summed E-state index contributed by atoms with van der Waals surface area (Å²) < 4.78 is 13.7. The second-order valence-corrected chi connectivity index (χ2v) is 8.36. The van der Waals surface area contributed by atoms with Crippen molar-refractivity contribution in [1.29, 1.82) is 0 Å². The molecule has 0 amide bonds. The van der Waals surface area contributed by atoms with Gasteiger partial charge in [-0.05, 0) is 38.0 Å². The van der Waals surface area contributed by atoms with Gasteiger partial charge in [0.15, 0.2) is 11.5 Å². The van der Waals surface area contributed by atoms with Gasteiger partial charge in [0.1, 0.15) is 11.3 Å². The van der Waals surface area contributed by atoms with Crippen LogP contribution in [0.3, 0.4) is 0 Å². The Labute approximate surface area is 196 Å². The fourth-order valence-corrected chi connectivity index (χ4v) is 4.21. The molecular weight excluding hydrogens is 440 g/mol. The summed E-state index contributed by atoms with van der Waals surface area (Å²) in [6.45, 7) is 10.4. The van der Waals surface area contributed by atoms with Gasteiger partial charge in [0.25, 0.3) is 0 Å². The number of hydrogen-bond acceptors (Lipinski definition) is 9. The molecule has 10 nitrogen and oxygen atoms in total. The Morgan fingerprint density at radius 2 is 2.15 bits per heavy atom. The van der Waals surface area contributed by atoms with Crippen LogP contribution in [0.5, 0.6) is 0 Å². The van der Waals surface area contributed by atoms with Gasteiger partial charge in [-0.15, -0.1) is 0 Å². The first-order valence-electron chi connectivity index (χ1n) is 10.9. The number of aromatic nitrogens is 6. The summed E-state index contributed by atoms with van der Waals surface area (Å²) in [5, 5.41) is 8.54. The number of carbonyl (C=O) groups excluding carboxylic acids is 1. The van der Waals surface area contributed by atoms with Crippen LogP contribution in [-0.4, -0.2) is 66.0 Å². The van der Waals surface area contributed by atoms with Gasteiger partial charge in [0, 0.05) is 37.7 Å². The Balaban J connectivity index is 1.53. The third-order valence-electron chi connectivity index (χ3n) is 5.19. The molecule has 1 N–H and O–H groups in total. The zero-order chi connectivity index (χ0) is 23.2. The molecule has 33 heavy (non-hydrogen) atoms. The predicted molar refractivity (Wildman–Crippen MR) is 128 cm³/mol. The number of imidazole rings is 1. The van der Waals surface area contributed by atoms with E-state index < -0.39 is 0 Å². The first-order chi connectivity index (χ1) is 16.1. The molecule has 0 bridgehead atoms. The summed E-state index contributed by atoms with van der Waals surface area (Å²) in [4.78, 5) is 22.3. The van der Waals surface area contributed by atoms with Crippen LogP contribution in [0, 0.1) is 6.92 Å². The molecule has 0 aliphatic carbocycles. The Kier molecular flexibility index (Phi) is 7.43. The lowest BCUT2D eigenvalue weighted by Crippen LogP contribution is -2.27. The van der Waals surface area contributed by atoms with Crippen molar-refractivity contribution in [1.82, 2.24) is 33.4 Å². The van der Waals surface area contributed by atoms with E-state index in [2.05, 4.69) is 42.6 Å². The van der Waals surface area contributed by atoms with Crippen LogP contribution in [-0.2, 0) is 22.6 Å². The maximum atomic E-state index is 10.8. The number of fused-ring (bicyclic) bond motifs is 1. The van der Waals surface area contributed by atoms with Gasteiger partial charge in [-0.25, -0.2) is 9.97 Å². The average molecular weight is 469 g/mol. The Hall–Kier alpha value is -3.15. The number of nitrogens with zero attached hydrogens (tertiary/aromatic N) is 7. The van der Waals surface area contributed by atoms with Gasteiger partial charge in [0.2, 0.25) is 0 Å². The summed E-state index contributed by atoms with van der Waals surface area (Å²) in [5.74, 6) is 0.667. The second kappa shape index (κ2) is 10.6. The second-order valence-electron chi connectivity index (χ2n) is 7.56. The predicted octanol–water partition coefficient (Wildman–Crippen LogP) is 3.16. The molecule has 4 rings (SSSR count). The number of likely N-dealkylation sites (N-methyl/N-ethyl adjacent to an activating group) is 1. The van der Waals surface area contributed by atoms with Crippen LogP contribution in [0.15, 0.2) is 30.9 Å². The SMILES string of the molecule is CCOCCN(CC)Cc1cc(Nc2nc(C)cn3c(-c4cnn(CC=O)c4)cnc23)sn1. The van der Waals surface area contributed by atoms with Crippen molar-refractivity contribution in [3.8, 4) is 11.3 Å². The molecule has 0 saturated carbocycles. The third-order valence-corrected chi connectivity index (χ3v) is 5.94. The minimum Gasteiger partial charge on any atom is -0.380 e. The fourth-order valence-electron chi connectivity index (χ4n) is 3.56. The Bertz CT molecular complexity index is 1210. The molecule has 0 atom stereocenters. The monoisotopic (exact) mass is 468 g/mol. The van der Waals surface area contributed by atoms with Crippen molar-refractivity contribution in [2.45, 2.75) is 33.9 Å². The first-order valence-corrected chi connectivity index (χ1v) is 11.7. The number of aryl methyl sites for hydroxylation is 1. The van der Waals surface area contributed by atoms with Crippen molar-refractivity contribution < 1.29 is 9.53 Å². The zero-order valence-electron chi connectivity index (χ0n) is 19.1. The number of hydrogen-bond donors (Lipinski definition) is 1. The molecular formula is C22H28N8O2S. The van der Waals surface area contributed by atoms with Gasteiger partial charge in [0.05, 0.1) is 42.6 Å². The van der Waals surface area contributed by atoms with Crippen LogP contribution in [0.1, 0.15) is 25.2 Å². The van der Waals surface area contributed by atoms with Crippen molar-refractivity contribution >= 4 is 34.3 Å². The average Bonchev–Trinajstić information content (AvgIpc) is 3.53. The number of carbonyl (C=O) groups is 1. The Morgan fingerprint density at radius 1 is 1.27 bits per heavy atom. The van der Waals surface area contributed by atoms with Gasteiger partial charge in [-0.3, -0.25) is 14.0 Å². The zero-order valence-corrected chi connectivity index (χ0v) is 19.9. The first kappa shape index (κ1) is 23.0. The van der Waals surface area contributed by atoms with Crippen LogP contribution < -0.4 is 5.32 Å². The van der Waals surface area contributed by atoms with Crippen LogP contribution in [0.25, 0.3) is 16.9 Å². The molecule has 0 radical (unpaired) electrons. The van der Waals surface area contributed by atoms with Crippen LogP contribution in [0.4, 0.5) is 10.8 Å². The number of anilines is 2. The third kappa shape index (κ3) is 5.44. The standard InChI is InChI=1S/C22H28N8O2S/c1-4-28(7-9-32-5-2)15-18-10-20(33-27-18)26-21-22-23-12-19(30(22)13-16(3)25-21)17-11-24-29(14-17)6-8-31/h8,10-14H,4-7,9,15H2,1-3H3,(H,25,26). The quantitative estimate of drug-likeness (QED) is 0.250. The highest BCUT2D eigenvalue weighted by Gasteiger charge is 2.15. The maximum Gasteiger partial charge on any atom is 0.180 e. The Morgan fingerprint density at radius 3 is 2.94 bits per heavy atom. The summed E-state index contributed by atoms with van der Waals surface area (Å²) in [6, 6.07) is 2.06. The van der Waals surface area contributed by atoms with Crippen molar-refractivity contribution in [3.63, 3.8) is 0 Å². The molecule has 0 fully saturated rings. The van der Waals surface area contributed by atoms with Crippen molar-refractivity contribution in [3.05, 3.63) is 42.2 Å². The van der Waals surface area contributed by atoms with Crippen molar-refractivity contribution in [2.75, 3.05) is 31.6 Å². The number of aldehydes is 1. The van der Waals surface area contributed by atoms with Crippen LogP contribution >= 0.6 is 11.5 Å². The van der Waals surface area contributed by atoms with E-state index in [1.165, 1.54) is 11.5 Å². The number of nitrogens with one attached hydrogen (secondary N) is 1. The molecule has 0 saturated heterocycles. The van der Waals surface area contributed by atoms with Gasteiger partial charge in [-0.1, -0.05) is 6.92 Å². The van der Waals surface area contributed by atoms with Gasteiger partial charge >= 0.3 is 0 Å². The largest absolute Gasteiger partial charge is 0.380 e. The molecule has 11 heteroatoms. The molecule has 0 aromatic carbocycles. The summed E-state index contributed by atoms with van der Waals surface area (Å²) in [7, 11) is 0. The number of ether oxygens (including phenoxy) is 1. The van der Waals surface area contributed by atoms with E-state index in [-0.39, 0.29) is 6.54 Å². The van der Waals surface area contributed by atoms with E-state index in [9.17, 15) is 4.79 Å². The summed E-state index contributed by atoms with van der Waals surface area (Å²) >= 11 is 1.41. The highest BCUT2D eigenvalue weighted by Crippen LogP contribution is 2.27. The topological polar surface area (TPSA) is 102 Å². The molecule has 4 aromatic rings. The van der Waals surface area contributed by atoms with Crippen LogP contribution in [0.2, 0.25) is 0 Å². The molecule has 0 aliphatic rings. The van der Waals surface area contributed by atoms with Crippen molar-refractivity contribution in [2.24, 2.45) is 0 Å².